The van der Waals surface area contributed by atoms with Crippen molar-refractivity contribution in [2.75, 3.05) is 29.9 Å². The number of hydrogen-bond donors (Lipinski definition) is 2. The first-order chi connectivity index (χ1) is 19.0. The van der Waals surface area contributed by atoms with Gasteiger partial charge >= 0.3 is 6.03 Å². The summed E-state index contributed by atoms with van der Waals surface area (Å²) in [6.45, 7) is 3.26. The van der Waals surface area contributed by atoms with E-state index in [1.54, 1.807) is 41.3 Å². The topological polar surface area (TPSA) is 79.9 Å². The van der Waals surface area contributed by atoms with Crippen LogP contribution in [0, 0.1) is 0 Å². The number of hydrogen-bond acceptors (Lipinski definition) is 4. The summed E-state index contributed by atoms with van der Waals surface area (Å²) >= 11 is 5.91. The molecule has 0 radical (unpaired) electrons. The van der Waals surface area contributed by atoms with Crippen LogP contribution in [0.4, 0.5) is 16.2 Å². The van der Waals surface area contributed by atoms with Gasteiger partial charge in [0, 0.05) is 35.1 Å². The molecule has 0 bridgehead atoms. The molecule has 0 aliphatic heterocycles. The average molecular weight is 544 g/mol. The van der Waals surface area contributed by atoms with Crippen LogP contribution in [0.1, 0.15) is 23.7 Å². The number of para-hydroxylation sites is 1. The minimum Gasteiger partial charge on any atom is -0.494 e. The van der Waals surface area contributed by atoms with Crippen LogP contribution >= 0.6 is 11.6 Å². The van der Waals surface area contributed by atoms with Crippen molar-refractivity contribution >= 4 is 34.9 Å². The van der Waals surface area contributed by atoms with Crippen LogP contribution in [-0.2, 0) is 0 Å². The van der Waals surface area contributed by atoms with E-state index in [4.69, 9.17) is 21.1 Å². The third-order valence-electron chi connectivity index (χ3n) is 5.74. The number of urea groups is 1. The van der Waals surface area contributed by atoms with Crippen LogP contribution in [0.25, 0.3) is 0 Å². The van der Waals surface area contributed by atoms with Crippen molar-refractivity contribution in [3.05, 3.63) is 114 Å². The molecule has 0 fully saturated rings. The van der Waals surface area contributed by atoms with Gasteiger partial charge in [-0.15, -0.1) is 0 Å². The molecule has 8 heteroatoms. The van der Waals surface area contributed by atoms with E-state index in [1.807, 2.05) is 73.7 Å². The monoisotopic (exact) mass is 543 g/mol. The van der Waals surface area contributed by atoms with Gasteiger partial charge in [0.15, 0.2) is 0 Å². The van der Waals surface area contributed by atoms with Crippen molar-refractivity contribution in [1.82, 2.24) is 5.32 Å². The van der Waals surface area contributed by atoms with Gasteiger partial charge in [-0.1, -0.05) is 29.8 Å². The van der Waals surface area contributed by atoms with Crippen molar-refractivity contribution < 1.29 is 19.1 Å². The zero-order chi connectivity index (χ0) is 27.5. The van der Waals surface area contributed by atoms with Crippen molar-refractivity contribution in [3.63, 3.8) is 0 Å². The smallest absolute Gasteiger partial charge is 0.326 e. The highest BCUT2D eigenvalue weighted by molar-refractivity contribution is 6.30. The van der Waals surface area contributed by atoms with E-state index in [-0.39, 0.29) is 11.9 Å². The van der Waals surface area contributed by atoms with Gasteiger partial charge in [-0.25, -0.2) is 4.79 Å². The Morgan fingerprint density at radius 2 is 1.44 bits per heavy atom. The minimum atomic E-state index is -0.292. The van der Waals surface area contributed by atoms with E-state index >= 15 is 0 Å². The number of benzene rings is 4. The zero-order valence-electron chi connectivity index (χ0n) is 21.6. The van der Waals surface area contributed by atoms with Crippen LogP contribution in [0.5, 0.6) is 17.2 Å². The molecule has 0 unspecified atom stereocenters. The number of carbonyl (C=O) groups is 2. The fraction of sp³-hybridized carbons (Fsp3) is 0.161. The molecule has 4 aromatic rings. The fourth-order valence-corrected chi connectivity index (χ4v) is 3.93. The summed E-state index contributed by atoms with van der Waals surface area (Å²) in [6, 6.07) is 30.4. The minimum absolute atomic E-state index is 0.195. The van der Waals surface area contributed by atoms with E-state index in [9.17, 15) is 9.59 Å². The molecule has 7 nitrogen and oxygen atoms in total. The highest BCUT2D eigenvalue weighted by Gasteiger charge is 2.17. The Kier molecular flexibility index (Phi) is 9.80. The molecule has 0 atom stereocenters. The largest absolute Gasteiger partial charge is 0.494 e. The van der Waals surface area contributed by atoms with Crippen molar-refractivity contribution in [2.24, 2.45) is 0 Å². The summed E-state index contributed by atoms with van der Waals surface area (Å²) in [6.07, 6.45) is 0.540. The summed E-state index contributed by atoms with van der Waals surface area (Å²) in [4.78, 5) is 27.4. The summed E-state index contributed by atoms with van der Waals surface area (Å²) in [5, 5.41) is 6.41. The lowest BCUT2D eigenvalue weighted by molar-refractivity contribution is 0.0953. The molecule has 0 heterocycles. The van der Waals surface area contributed by atoms with Gasteiger partial charge in [-0.05, 0) is 98.3 Å². The van der Waals surface area contributed by atoms with Crippen LogP contribution in [0.15, 0.2) is 103 Å². The Morgan fingerprint density at radius 1 is 0.795 bits per heavy atom. The Bertz CT molecular complexity index is 1350. The molecule has 4 rings (SSSR count). The van der Waals surface area contributed by atoms with E-state index in [0.717, 1.165) is 11.5 Å². The summed E-state index contributed by atoms with van der Waals surface area (Å²) in [5.41, 5.74) is 1.87. The third-order valence-corrected chi connectivity index (χ3v) is 5.99. The van der Waals surface area contributed by atoms with Gasteiger partial charge in [-0.2, -0.15) is 0 Å². The molecular weight excluding hydrogens is 514 g/mol. The molecule has 0 aliphatic carbocycles. The molecular formula is C31H30ClN3O4. The Labute approximate surface area is 233 Å². The van der Waals surface area contributed by atoms with E-state index in [1.165, 1.54) is 0 Å². The zero-order valence-corrected chi connectivity index (χ0v) is 22.4. The molecule has 39 heavy (non-hydrogen) atoms. The lowest BCUT2D eigenvalue weighted by atomic mass is 10.2. The predicted molar refractivity (Wildman–Crippen MR) is 155 cm³/mol. The SMILES string of the molecule is CCOc1ccc(NC(=O)N(CCCNC(=O)c2ccc(Cl)cc2)c2ccc(Oc3ccccc3)cc2)cc1. The summed E-state index contributed by atoms with van der Waals surface area (Å²) in [5.74, 6) is 1.93. The number of carbonyl (C=O) groups excluding carboxylic acids is 2. The van der Waals surface area contributed by atoms with Crippen LogP contribution in [0.3, 0.4) is 0 Å². The maximum Gasteiger partial charge on any atom is 0.326 e. The summed E-state index contributed by atoms with van der Waals surface area (Å²) < 4.78 is 11.4. The van der Waals surface area contributed by atoms with E-state index < -0.39 is 0 Å². The van der Waals surface area contributed by atoms with Gasteiger partial charge < -0.3 is 20.1 Å². The predicted octanol–water partition coefficient (Wildman–Crippen LogP) is 7.39. The maximum atomic E-state index is 13.3. The van der Waals surface area contributed by atoms with Crippen molar-refractivity contribution in [3.8, 4) is 17.2 Å². The number of amides is 3. The number of anilines is 2. The second-order valence-corrected chi connectivity index (χ2v) is 9.00. The first kappa shape index (κ1) is 27.5. The molecule has 0 aliphatic rings. The number of rotatable bonds is 11. The average Bonchev–Trinajstić information content (AvgIpc) is 2.95. The molecule has 2 N–H and O–H groups in total. The number of nitrogens with one attached hydrogen (secondary N) is 2. The van der Waals surface area contributed by atoms with Crippen LogP contribution in [0.2, 0.25) is 5.02 Å². The lowest BCUT2D eigenvalue weighted by Crippen LogP contribution is -2.37. The molecule has 3 amide bonds. The number of nitrogens with zero attached hydrogens (tertiary/aromatic N) is 1. The normalized spacial score (nSPS) is 10.4. The van der Waals surface area contributed by atoms with Crippen molar-refractivity contribution in [1.29, 1.82) is 0 Å². The molecule has 4 aromatic carbocycles. The fourth-order valence-electron chi connectivity index (χ4n) is 3.80. The van der Waals surface area contributed by atoms with E-state index in [2.05, 4.69) is 10.6 Å². The first-order valence-corrected chi connectivity index (χ1v) is 13.1. The molecule has 200 valence electrons. The molecule has 0 spiro atoms. The molecule has 0 saturated carbocycles. The second-order valence-electron chi connectivity index (χ2n) is 8.56. The third kappa shape index (κ3) is 8.25. The number of ether oxygens (including phenoxy) is 2. The standard InChI is InChI=1S/C31H30ClN3O4/c1-2-38-27-17-13-25(14-18-27)34-31(37)35(22-6-21-33-30(36)23-9-11-24(32)12-10-23)26-15-19-29(20-16-26)39-28-7-4-3-5-8-28/h3-5,7-20H,2,6,21-22H2,1H3,(H,33,36)(H,34,37). The second kappa shape index (κ2) is 13.9. The first-order valence-electron chi connectivity index (χ1n) is 12.7. The molecule has 0 saturated heterocycles. The highest BCUT2D eigenvalue weighted by atomic mass is 35.5. The van der Waals surface area contributed by atoms with Gasteiger partial charge in [0.05, 0.1) is 6.61 Å². The van der Waals surface area contributed by atoms with Crippen LogP contribution in [-0.4, -0.2) is 31.6 Å². The maximum absolute atomic E-state index is 13.3. The summed E-state index contributed by atoms with van der Waals surface area (Å²) in [7, 11) is 0. The Morgan fingerprint density at radius 3 is 2.10 bits per heavy atom. The van der Waals surface area contributed by atoms with E-state index in [0.29, 0.717) is 53.8 Å². The Hall–Kier alpha value is -4.49. The van der Waals surface area contributed by atoms with Gasteiger partial charge in [0.2, 0.25) is 0 Å². The van der Waals surface area contributed by atoms with Crippen LogP contribution < -0.4 is 25.0 Å². The van der Waals surface area contributed by atoms with Gasteiger partial charge in [0.1, 0.15) is 17.2 Å². The quantitative estimate of drug-likeness (QED) is 0.193. The lowest BCUT2D eigenvalue weighted by Gasteiger charge is -2.24. The van der Waals surface area contributed by atoms with Gasteiger partial charge in [-0.3, -0.25) is 9.69 Å². The van der Waals surface area contributed by atoms with Gasteiger partial charge in [0.25, 0.3) is 5.91 Å². The highest BCUT2D eigenvalue weighted by Crippen LogP contribution is 2.25. The van der Waals surface area contributed by atoms with Crippen molar-refractivity contribution in [2.45, 2.75) is 13.3 Å². The molecule has 0 aromatic heterocycles. The number of halogens is 1. The Balaban J connectivity index is 1.42.